The molecular formula is C33H40N4O4S. The van der Waals surface area contributed by atoms with Gasteiger partial charge in [0.2, 0.25) is 5.91 Å². The molecule has 3 atom stereocenters. The Hall–Kier alpha value is -3.82. The van der Waals surface area contributed by atoms with E-state index in [9.17, 15) is 19.5 Å². The van der Waals surface area contributed by atoms with E-state index in [1.54, 1.807) is 0 Å². The molecule has 1 heterocycles. The van der Waals surface area contributed by atoms with Gasteiger partial charge < -0.3 is 26.0 Å². The Morgan fingerprint density at radius 1 is 0.905 bits per heavy atom. The second-order valence-corrected chi connectivity index (χ2v) is 12.9. The molecule has 0 spiro atoms. The summed E-state index contributed by atoms with van der Waals surface area (Å²) in [4.78, 5) is 41.7. The van der Waals surface area contributed by atoms with Crippen LogP contribution in [0.4, 0.5) is 4.79 Å². The van der Waals surface area contributed by atoms with E-state index in [2.05, 4.69) is 16.0 Å². The minimum absolute atomic E-state index is 0.236. The Labute approximate surface area is 252 Å². The Balaban J connectivity index is 1.47. The number of carbonyl (C=O) groups is 3. The van der Waals surface area contributed by atoms with Crippen molar-refractivity contribution in [2.75, 3.05) is 5.88 Å². The molecule has 4 N–H and O–H groups in total. The van der Waals surface area contributed by atoms with E-state index < -0.39 is 34.9 Å². The number of rotatable bonds is 10. The zero-order chi connectivity index (χ0) is 30.3. The van der Waals surface area contributed by atoms with Crippen LogP contribution < -0.4 is 16.0 Å². The van der Waals surface area contributed by atoms with Gasteiger partial charge in [0.05, 0.1) is 11.9 Å². The Kier molecular flexibility index (Phi) is 10.3. The minimum Gasteiger partial charge on any atom is -0.381 e. The number of nitrogens with one attached hydrogen (secondary N) is 3. The van der Waals surface area contributed by atoms with Crippen molar-refractivity contribution in [2.24, 2.45) is 0 Å². The first kappa shape index (κ1) is 31.1. The van der Waals surface area contributed by atoms with Gasteiger partial charge in [0.15, 0.2) is 6.10 Å². The van der Waals surface area contributed by atoms with Gasteiger partial charge in [0.1, 0.15) is 6.04 Å². The molecule has 0 radical (unpaired) electrons. The first-order valence-electron chi connectivity index (χ1n) is 14.1. The number of carbonyl (C=O) groups excluding carboxylic acids is 3. The molecule has 4 amide bonds. The van der Waals surface area contributed by atoms with Gasteiger partial charge in [-0.15, -0.1) is 11.8 Å². The van der Waals surface area contributed by atoms with E-state index in [4.69, 9.17) is 0 Å². The lowest BCUT2D eigenvalue weighted by molar-refractivity contribution is -0.147. The standard InChI is InChI=1S/C33H40N4O4S/c1-22-14-16-25(17-15-22)19-35-32(41)36-27(18-24-11-6-5-7-12-24)28(38)31(40)37-21-42-33(3,4)29(37)30(39)34-20-26-13-9-8-10-23(26)2/h5-17,27-29,38H,18-21H2,1-4H3,(H,34,39)(H2,35,36,41). The van der Waals surface area contributed by atoms with E-state index in [-0.39, 0.29) is 18.2 Å². The number of aryl methyl sites for hydroxylation is 2. The Morgan fingerprint density at radius 2 is 1.57 bits per heavy atom. The van der Waals surface area contributed by atoms with Gasteiger partial charge in [-0.25, -0.2) is 4.79 Å². The van der Waals surface area contributed by atoms with Crippen LogP contribution in [0.15, 0.2) is 78.9 Å². The summed E-state index contributed by atoms with van der Waals surface area (Å²) in [5.74, 6) is -0.621. The van der Waals surface area contributed by atoms with Crippen LogP contribution in [0.1, 0.15) is 41.7 Å². The summed E-state index contributed by atoms with van der Waals surface area (Å²) < 4.78 is -0.570. The average Bonchev–Trinajstić information content (AvgIpc) is 3.30. The van der Waals surface area contributed by atoms with E-state index in [0.29, 0.717) is 13.1 Å². The molecule has 3 aromatic rings. The van der Waals surface area contributed by atoms with Gasteiger partial charge in [0, 0.05) is 17.8 Å². The molecule has 0 aliphatic carbocycles. The maximum absolute atomic E-state index is 13.8. The number of nitrogens with zero attached hydrogens (tertiary/aromatic N) is 1. The number of urea groups is 1. The van der Waals surface area contributed by atoms with Gasteiger partial charge in [0.25, 0.3) is 5.91 Å². The maximum Gasteiger partial charge on any atom is 0.315 e. The van der Waals surface area contributed by atoms with Crippen LogP contribution in [-0.4, -0.2) is 56.7 Å². The third-order valence-electron chi connectivity index (χ3n) is 7.61. The predicted octanol–water partition coefficient (Wildman–Crippen LogP) is 4.07. The lowest BCUT2D eigenvalue weighted by Gasteiger charge is -2.33. The molecule has 1 aliphatic rings. The first-order valence-corrected chi connectivity index (χ1v) is 15.1. The first-order chi connectivity index (χ1) is 20.0. The Bertz CT molecular complexity index is 1380. The lowest BCUT2D eigenvalue weighted by atomic mass is 9.97. The number of aliphatic hydroxyl groups is 1. The van der Waals surface area contributed by atoms with Crippen molar-refractivity contribution in [1.29, 1.82) is 0 Å². The van der Waals surface area contributed by atoms with E-state index in [0.717, 1.165) is 27.8 Å². The summed E-state index contributed by atoms with van der Waals surface area (Å²) >= 11 is 1.48. The molecular weight excluding hydrogens is 548 g/mol. The number of hydrogen-bond acceptors (Lipinski definition) is 5. The van der Waals surface area contributed by atoms with Gasteiger partial charge in [-0.2, -0.15) is 0 Å². The largest absolute Gasteiger partial charge is 0.381 e. The van der Waals surface area contributed by atoms with Crippen molar-refractivity contribution in [3.05, 3.63) is 107 Å². The van der Waals surface area contributed by atoms with Crippen LogP contribution in [0, 0.1) is 13.8 Å². The second kappa shape index (κ2) is 13.9. The number of benzene rings is 3. The van der Waals surface area contributed by atoms with Crippen LogP contribution in [0.2, 0.25) is 0 Å². The summed E-state index contributed by atoms with van der Waals surface area (Å²) in [7, 11) is 0. The number of aliphatic hydroxyl groups excluding tert-OH is 1. The molecule has 9 heteroatoms. The summed E-state index contributed by atoms with van der Waals surface area (Å²) in [6, 6.07) is 22.8. The normalized spacial score (nSPS) is 17.3. The monoisotopic (exact) mass is 588 g/mol. The molecule has 8 nitrogen and oxygen atoms in total. The Morgan fingerprint density at radius 3 is 2.26 bits per heavy atom. The fourth-order valence-electron chi connectivity index (χ4n) is 5.06. The highest BCUT2D eigenvalue weighted by Crippen LogP contribution is 2.40. The highest BCUT2D eigenvalue weighted by Gasteiger charge is 2.49. The van der Waals surface area contributed by atoms with E-state index in [1.165, 1.54) is 16.7 Å². The van der Waals surface area contributed by atoms with Crippen molar-refractivity contribution in [1.82, 2.24) is 20.9 Å². The summed E-state index contributed by atoms with van der Waals surface area (Å²) in [5, 5.41) is 20.0. The van der Waals surface area contributed by atoms with Crippen molar-refractivity contribution >= 4 is 29.6 Å². The molecule has 0 saturated carbocycles. The zero-order valence-electron chi connectivity index (χ0n) is 24.6. The van der Waals surface area contributed by atoms with E-state index >= 15 is 0 Å². The van der Waals surface area contributed by atoms with Crippen LogP contribution >= 0.6 is 11.8 Å². The SMILES string of the molecule is Cc1ccc(CNC(=O)NC(Cc2ccccc2)C(O)C(=O)N2CSC(C)(C)C2C(=O)NCc2ccccc2C)cc1. The summed E-state index contributed by atoms with van der Waals surface area (Å²) in [5.41, 5.74) is 4.98. The fraction of sp³-hybridized carbons (Fsp3) is 0.364. The smallest absolute Gasteiger partial charge is 0.315 e. The fourth-order valence-corrected chi connectivity index (χ4v) is 6.20. The third-order valence-corrected chi connectivity index (χ3v) is 8.99. The lowest BCUT2D eigenvalue weighted by Crippen LogP contribution is -2.59. The average molecular weight is 589 g/mol. The third kappa shape index (κ3) is 7.92. The second-order valence-electron chi connectivity index (χ2n) is 11.3. The highest BCUT2D eigenvalue weighted by atomic mass is 32.2. The summed E-state index contributed by atoms with van der Waals surface area (Å²) in [6.07, 6.45) is -1.32. The van der Waals surface area contributed by atoms with Gasteiger partial charge in [-0.05, 0) is 56.4 Å². The summed E-state index contributed by atoms with van der Waals surface area (Å²) in [6.45, 7) is 8.47. The number of amides is 4. The van der Waals surface area contributed by atoms with Crippen LogP contribution in [0.5, 0.6) is 0 Å². The molecule has 1 saturated heterocycles. The number of hydrogen-bond donors (Lipinski definition) is 4. The zero-order valence-corrected chi connectivity index (χ0v) is 25.4. The van der Waals surface area contributed by atoms with E-state index in [1.807, 2.05) is 107 Å². The molecule has 1 aliphatic heterocycles. The topological polar surface area (TPSA) is 111 Å². The molecule has 42 heavy (non-hydrogen) atoms. The molecule has 222 valence electrons. The quantitative estimate of drug-likeness (QED) is 0.286. The van der Waals surface area contributed by atoms with Gasteiger partial charge >= 0.3 is 6.03 Å². The minimum atomic E-state index is -1.56. The van der Waals surface area contributed by atoms with Crippen molar-refractivity contribution in [3.63, 3.8) is 0 Å². The maximum atomic E-state index is 13.8. The molecule has 3 aromatic carbocycles. The van der Waals surface area contributed by atoms with Crippen molar-refractivity contribution < 1.29 is 19.5 Å². The van der Waals surface area contributed by atoms with Gasteiger partial charge in [-0.3, -0.25) is 9.59 Å². The van der Waals surface area contributed by atoms with Crippen molar-refractivity contribution in [3.8, 4) is 0 Å². The van der Waals surface area contributed by atoms with Crippen LogP contribution in [0.25, 0.3) is 0 Å². The molecule has 0 aromatic heterocycles. The predicted molar refractivity (Wildman–Crippen MR) is 167 cm³/mol. The molecule has 3 unspecified atom stereocenters. The number of thioether (sulfide) groups is 1. The molecule has 0 bridgehead atoms. The highest BCUT2D eigenvalue weighted by molar-refractivity contribution is 8.00. The van der Waals surface area contributed by atoms with Gasteiger partial charge in [-0.1, -0.05) is 84.4 Å². The molecule has 4 rings (SSSR count). The van der Waals surface area contributed by atoms with Crippen LogP contribution in [-0.2, 0) is 29.1 Å². The van der Waals surface area contributed by atoms with Crippen LogP contribution in [0.3, 0.4) is 0 Å². The van der Waals surface area contributed by atoms with Crippen molar-refractivity contribution in [2.45, 2.75) is 70.1 Å². The molecule has 1 fully saturated rings.